The van der Waals surface area contributed by atoms with E-state index in [2.05, 4.69) is 9.62 Å². The second-order valence-electron chi connectivity index (χ2n) is 8.10. The minimum Gasteiger partial charge on any atom is -0.367 e. The summed E-state index contributed by atoms with van der Waals surface area (Å²) in [5.74, 6) is -0.255. The number of benzene rings is 2. The van der Waals surface area contributed by atoms with Crippen molar-refractivity contribution in [3.05, 3.63) is 86.9 Å². The number of nitro benzene ring substituents is 1. The van der Waals surface area contributed by atoms with E-state index in [-0.39, 0.29) is 22.4 Å². The smallest absolute Gasteiger partial charge is 0.269 e. The van der Waals surface area contributed by atoms with Gasteiger partial charge in [-0.25, -0.2) is 17.5 Å². The first-order valence-electron chi connectivity index (χ1n) is 10.8. The van der Waals surface area contributed by atoms with Gasteiger partial charge in [0.2, 0.25) is 10.0 Å². The van der Waals surface area contributed by atoms with Gasteiger partial charge in [0, 0.05) is 49.2 Å². The number of piperazine rings is 1. The summed E-state index contributed by atoms with van der Waals surface area (Å²) in [6.45, 7) is 4.33. The van der Waals surface area contributed by atoms with Gasteiger partial charge in [-0.15, -0.1) is 11.3 Å². The van der Waals surface area contributed by atoms with Gasteiger partial charge in [0.05, 0.1) is 21.5 Å². The Balaban J connectivity index is 1.50. The molecule has 0 aliphatic carbocycles. The predicted molar refractivity (Wildman–Crippen MR) is 130 cm³/mol. The highest BCUT2D eigenvalue weighted by Gasteiger charge is 2.33. The molecule has 0 unspecified atom stereocenters. The van der Waals surface area contributed by atoms with E-state index < -0.39 is 21.0 Å². The van der Waals surface area contributed by atoms with E-state index in [0.29, 0.717) is 31.9 Å². The van der Waals surface area contributed by atoms with Crippen molar-refractivity contribution in [1.82, 2.24) is 9.62 Å². The molecule has 1 aliphatic rings. The van der Waals surface area contributed by atoms with E-state index in [9.17, 15) is 22.9 Å². The van der Waals surface area contributed by atoms with Crippen molar-refractivity contribution >= 4 is 32.7 Å². The highest BCUT2D eigenvalue weighted by atomic mass is 32.2. The van der Waals surface area contributed by atoms with Crippen LogP contribution in [0.15, 0.2) is 70.9 Å². The average Bonchev–Trinajstić information content (AvgIpc) is 3.34. The second kappa shape index (κ2) is 10.2. The Morgan fingerprint density at radius 3 is 2.29 bits per heavy atom. The molecule has 2 atom stereocenters. The topological polar surface area (TPSA) is 95.8 Å². The lowest BCUT2D eigenvalue weighted by atomic mass is 10.1. The first kappa shape index (κ1) is 24.3. The summed E-state index contributed by atoms with van der Waals surface area (Å²) in [5.41, 5.74) is 0.401. The molecule has 180 valence electrons. The summed E-state index contributed by atoms with van der Waals surface area (Å²) in [6.07, 6.45) is 0. The van der Waals surface area contributed by atoms with Gasteiger partial charge in [-0.1, -0.05) is 18.2 Å². The van der Waals surface area contributed by atoms with Gasteiger partial charge in [-0.05, 0) is 42.6 Å². The summed E-state index contributed by atoms with van der Waals surface area (Å²) in [6, 6.07) is 14.8. The summed E-state index contributed by atoms with van der Waals surface area (Å²) in [7, 11) is -3.89. The molecule has 11 heteroatoms. The number of sulfonamides is 1. The molecule has 8 nitrogen and oxygen atoms in total. The number of para-hydroxylation sites is 1. The quantitative estimate of drug-likeness (QED) is 0.368. The molecule has 2 heterocycles. The highest BCUT2D eigenvalue weighted by molar-refractivity contribution is 7.89. The average molecular weight is 505 g/mol. The van der Waals surface area contributed by atoms with Crippen LogP contribution in [0, 0.1) is 15.9 Å². The van der Waals surface area contributed by atoms with Crippen molar-refractivity contribution in [2.45, 2.75) is 23.9 Å². The van der Waals surface area contributed by atoms with Crippen molar-refractivity contribution in [2.75, 3.05) is 31.1 Å². The normalized spacial score (nSPS) is 16.8. The summed E-state index contributed by atoms with van der Waals surface area (Å²) >= 11 is 1.55. The molecule has 4 rings (SSSR count). The lowest BCUT2D eigenvalue weighted by molar-refractivity contribution is -0.384. The molecule has 0 bridgehead atoms. The second-order valence-corrected chi connectivity index (χ2v) is 10.8. The molecule has 1 saturated heterocycles. The zero-order chi connectivity index (χ0) is 24.3. The SMILES string of the molecule is C[C@H](NS(=O)(=O)c1ccc([N+](=O)[O-])cc1)[C@@H](c1cccs1)N1CCN(c2ccccc2F)CC1. The van der Waals surface area contributed by atoms with Crippen molar-refractivity contribution in [3.63, 3.8) is 0 Å². The number of hydrogen-bond acceptors (Lipinski definition) is 7. The Labute approximate surface area is 201 Å². The maximum Gasteiger partial charge on any atom is 0.269 e. The molecular formula is C23H25FN4O4S2. The molecule has 0 amide bonds. The van der Waals surface area contributed by atoms with Gasteiger partial charge >= 0.3 is 0 Å². The fraction of sp³-hybridized carbons (Fsp3) is 0.304. The molecule has 0 saturated carbocycles. The van der Waals surface area contributed by atoms with E-state index in [1.165, 1.54) is 30.3 Å². The van der Waals surface area contributed by atoms with Crippen LogP contribution in [0.3, 0.4) is 0 Å². The Morgan fingerprint density at radius 2 is 1.71 bits per heavy atom. The van der Waals surface area contributed by atoms with Crippen LogP contribution in [0.25, 0.3) is 0 Å². The molecule has 2 aromatic carbocycles. The van der Waals surface area contributed by atoms with E-state index in [1.807, 2.05) is 35.4 Å². The van der Waals surface area contributed by atoms with E-state index in [0.717, 1.165) is 4.88 Å². The number of non-ortho nitro benzene ring substituents is 1. The number of halogens is 1. The molecule has 1 N–H and O–H groups in total. The summed E-state index contributed by atoms with van der Waals surface area (Å²) in [5, 5.41) is 12.8. The van der Waals surface area contributed by atoms with Crippen LogP contribution < -0.4 is 9.62 Å². The van der Waals surface area contributed by atoms with Crippen molar-refractivity contribution in [3.8, 4) is 0 Å². The third-order valence-corrected chi connectivity index (χ3v) is 8.43. The van der Waals surface area contributed by atoms with Crippen LogP contribution in [0.5, 0.6) is 0 Å². The fourth-order valence-electron chi connectivity index (χ4n) is 4.28. The predicted octanol–water partition coefficient (Wildman–Crippen LogP) is 4.03. The molecule has 1 fully saturated rings. The molecule has 0 radical (unpaired) electrons. The van der Waals surface area contributed by atoms with Gasteiger partial charge in [-0.3, -0.25) is 15.0 Å². The number of thiophene rings is 1. The number of nitrogens with zero attached hydrogens (tertiary/aromatic N) is 3. The molecule has 1 aromatic heterocycles. The van der Waals surface area contributed by atoms with Gasteiger partial charge in [0.15, 0.2) is 0 Å². The summed E-state index contributed by atoms with van der Waals surface area (Å²) in [4.78, 5) is 15.5. The minimum atomic E-state index is -3.89. The largest absolute Gasteiger partial charge is 0.367 e. The molecule has 3 aromatic rings. The minimum absolute atomic E-state index is 0.0285. The number of anilines is 1. The van der Waals surface area contributed by atoms with Crippen LogP contribution in [-0.2, 0) is 10.0 Å². The Bertz CT molecular complexity index is 1230. The lowest BCUT2D eigenvalue weighted by Gasteiger charge is -2.42. The maximum atomic E-state index is 14.2. The first-order chi connectivity index (χ1) is 16.3. The van der Waals surface area contributed by atoms with Gasteiger partial charge < -0.3 is 4.90 Å². The van der Waals surface area contributed by atoms with Crippen LogP contribution in [0.4, 0.5) is 15.8 Å². The van der Waals surface area contributed by atoms with Crippen LogP contribution in [0.1, 0.15) is 17.8 Å². The number of hydrogen-bond donors (Lipinski definition) is 1. The standard InChI is InChI=1S/C23H25FN4O4S2/c1-17(25-34(31,32)19-10-8-18(9-11-19)28(29)30)23(22-7-4-16-33-22)27-14-12-26(13-15-27)21-6-3-2-5-20(21)24/h2-11,16-17,23,25H,12-15H2,1H3/t17-,23-/m0/s1. The Kier molecular flexibility index (Phi) is 7.27. The molecule has 1 aliphatic heterocycles. The van der Waals surface area contributed by atoms with E-state index >= 15 is 0 Å². The number of rotatable bonds is 8. The summed E-state index contributed by atoms with van der Waals surface area (Å²) < 4.78 is 43.0. The molecule has 0 spiro atoms. The van der Waals surface area contributed by atoms with Crippen molar-refractivity contribution < 1.29 is 17.7 Å². The monoisotopic (exact) mass is 504 g/mol. The van der Waals surface area contributed by atoms with Crippen LogP contribution in [-0.4, -0.2) is 50.5 Å². The highest BCUT2D eigenvalue weighted by Crippen LogP contribution is 2.31. The van der Waals surface area contributed by atoms with Crippen molar-refractivity contribution in [2.24, 2.45) is 0 Å². The zero-order valence-electron chi connectivity index (χ0n) is 18.5. The number of nitrogens with one attached hydrogen (secondary N) is 1. The third-order valence-electron chi connectivity index (χ3n) is 5.91. The van der Waals surface area contributed by atoms with Crippen LogP contribution in [0.2, 0.25) is 0 Å². The van der Waals surface area contributed by atoms with E-state index in [1.54, 1.807) is 23.5 Å². The fourth-order valence-corrected chi connectivity index (χ4v) is 6.49. The van der Waals surface area contributed by atoms with Crippen molar-refractivity contribution in [1.29, 1.82) is 0 Å². The molecular weight excluding hydrogens is 479 g/mol. The Morgan fingerprint density at radius 1 is 1.03 bits per heavy atom. The van der Waals surface area contributed by atoms with Crippen LogP contribution >= 0.6 is 11.3 Å². The third kappa shape index (κ3) is 5.27. The maximum absolute atomic E-state index is 14.2. The number of nitro groups is 1. The lowest BCUT2D eigenvalue weighted by Crippen LogP contribution is -2.52. The zero-order valence-corrected chi connectivity index (χ0v) is 20.1. The first-order valence-corrected chi connectivity index (χ1v) is 13.2. The van der Waals surface area contributed by atoms with E-state index in [4.69, 9.17) is 0 Å². The van der Waals surface area contributed by atoms with Gasteiger partial charge in [0.25, 0.3) is 5.69 Å². The molecule has 34 heavy (non-hydrogen) atoms. The van der Waals surface area contributed by atoms with Gasteiger partial charge in [0.1, 0.15) is 5.82 Å². The van der Waals surface area contributed by atoms with Gasteiger partial charge in [-0.2, -0.15) is 0 Å². The Hall–Kier alpha value is -2.86.